The van der Waals surface area contributed by atoms with E-state index in [-0.39, 0.29) is 42.6 Å². The number of piperazine rings is 1. The molecule has 45 heavy (non-hydrogen) atoms. The highest BCUT2D eigenvalue weighted by atomic mass is 19.1. The van der Waals surface area contributed by atoms with Crippen molar-refractivity contribution < 1.29 is 23.5 Å². The third-order valence-electron chi connectivity index (χ3n) is 8.41. The number of amides is 2. The van der Waals surface area contributed by atoms with Gasteiger partial charge in [0.1, 0.15) is 5.82 Å². The second-order valence-corrected chi connectivity index (χ2v) is 11.0. The van der Waals surface area contributed by atoms with Gasteiger partial charge in [-0.1, -0.05) is 18.2 Å². The molecule has 14 heteroatoms. The number of carbonyl (C=O) groups excluding carboxylic acids is 3. The highest BCUT2D eigenvalue weighted by Gasteiger charge is 2.43. The Balaban J connectivity index is 1.24. The molecule has 0 spiro atoms. The van der Waals surface area contributed by atoms with Crippen LogP contribution in [0.1, 0.15) is 29.3 Å². The number of nitrogens with zero attached hydrogens (tertiary/aromatic N) is 7. The van der Waals surface area contributed by atoms with Crippen LogP contribution in [0.25, 0.3) is 11.2 Å². The van der Waals surface area contributed by atoms with E-state index in [2.05, 4.69) is 0 Å². The van der Waals surface area contributed by atoms with Gasteiger partial charge in [-0.15, -0.1) is 0 Å². The first kappa shape index (κ1) is 29.9. The predicted octanol–water partition coefficient (Wildman–Crippen LogP) is 1.25. The zero-order valence-corrected chi connectivity index (χ0v) is 25.1. The van der Waals surface area contributed by atoms with E-state index >= 15 is 0 Å². The molecule has 234 valence electrons. The van der Waals surface area contributed by atoms with Crippen LogP contribution in [0.3, 0.4) is 0 Å². The van der Waals surface area contributed by atoms with Crippen molar-refractivity contribution >= 4 is 40.6 Å². The molecule has 2 aliphatic heterocycles. The summed E-state index contributed by atoms with van der Waals surface area (Å²) in [6.45, 7) is 3.61. The number of rotatable bonds is 7. The number of benzene rings is 2. The molecule has 0 bridgehead atoms. The van der Waals surface area contributed by atoms with Crippen molar-refractivity contribution in [3.63, 3.8) is 0 Å². The fourth-order valence-corrected chi connectivity index (χ4v) is 5.99. The third kappa shape index (κ3) is 5.20. The van der Waals surface area contributed by atoms with E-state index in [0.29, 0.717) is 48.9 Å². The van der Waals surface area contributed by atoms with E-state index in [0.717, 1.165) is 9.47 Å². The van der Waals surface area contributed by atoms with Crippen LogP contribution in [-0.4, -0.2) is 80.2 Å². The maximum Gasteiger partial charge on any atom is 0.338 e. The molecule has 2 amide bonds. The van der Waals surface area contributed by atoms with Crippen LogP contribution in [0.2, 0.25) is 0 Å². The van der Waals surface area contributed by atoms with Crippen molar-refractivity contribution in [2.75, 3.05) is 42.6 Å². The molecule has 2 aliphatic rings. The van der Waals surface area contributed by atoms with Crippen molar-refractivity contribution in [3.05, 3.63) is 86.3 Å². The first-order valence-electron chi connectivity index (χ1n) is 14.6. The Morgan fingerprint density at radius 1 is 0.956 bits per heavy atom. The van der Waals surface area contributed by atoms with Crippen LogP contribution in [0.5, 0.6) is 0 Å². The maximum absolute atomic E-state index is 14.7. The summed E-state index contributed by atoms with van der Waals surface area (Å²) in [6.07, 6.45) is 0.0163. The minimum Gasteiger partial charge on any atom is -0.462 e. The van der Waals surface area contributed by atoms with Gasteiger partial charge in [-0.2, -0.15) is 4.98 Å². The van der Waals surface area contributed by atoms with Gasteiger partial charge >= 0.3 is 11.7 Å². The van der Waals surface area contributed by atoms with E-state index < -0.39 is 29.1 Å². The molecule has 4 heterocycles. The average molecular weight is 618 g/mol. The molecule has 0 saturated carbocycles. The maximum atomic E-state index is 14.7. The van der Waals surface area contributed by atoms with Crippen LogP contribution < -0.4 is 21.0 Å². The molecule has 2 aromatic heterocycles. The van der Waals surface area contributed by atoms with Crippen molar-refractivity contribution in [2.45, 2.75) is 25.9 Å². The fourth-order valence-electron chi connectivity index (χ4n) is 5.99. The number of imidazole rings is 1. The number of fused-ring (bicyclic) bond motifs is 1. The average Bonchev–Trinajstić information content (AvgIpc) is 3.57. The van der Waals surface area contributed by atoms with Gasteiger partial charge in [0.05, 0.1) is 36.9 Å². The minimum atomic E-state index is -0.658. The second-order valence-electron chi connectivity index (χ2n) is 11.0. The molecule has 2 saturated heterocycles. The number of aryl methyl sites for hydroxylation is 1. The summed E-state index contributed by atoms with van der Waals surface area (Å²) >= 11 is 0. The summed E-state index contributed by atoms with van der Waals surface area (Å²) in [7, 11) is 2.92. The van der Waals surface area contributed by atoms with Crippen LogP contribution in [0.4, 0.5) is 16.0 Å². The molecule has 4 aromatic rings. The number of aromatic nitrogens is 4. The topological polar surface area (TPSA) is 132 Å². The molecule has 2 fully saturated rings. The smallest absolute Gasteiger partial charge is 0.338 e. The number of imide groups is 1. The quantitative estimate of drug-likeness (QED) is 0.222. The molecule has 1 unspecified atom stereocenters. The van der Waals surface area contributed by atoms with Crippen LogP contribution >= 0.6 is 0 Å². The summed E-state index contributed by atoms with van der Waals surface area (Å²) < 4.78 is 23.7. The number of esters is 1. The standard InChI is InChI=1S/C31H32FN7O6/c1-4-45-29(43)19-9-11-21(12-10-19)39-24(40)17-23(27(39)41)36-13-15-37(16-14-36)30-33-26-25(28(42)35(3)31(44)34(26)2)38(30)18-20-7-5-6-8-22(20)32/h5-12,23H,4,13-18H2,1-3H3. The Morgan fingerprint density at radius 3 is 2.31 bits per heavy atom. The summed E-state index contributed by atoms with van der Waals surface area (Å²) in [6, 6.07) is 11.8. The molecular weight excluding hydrogens is 585 g/mol. The number of halogens is 1. The lowest BCUT2D eigenvalue weighted by Crippen LogP contribution is -2.53. The lowest BCUT2D eigenvalue weighted by Gasteiger charge is -2.37. The predicted molar refractivity (Wildman–Crippen MR) is 163 cm³/mol. The second kappa shape index (κ2) is 11.8. The number of hydrogen-bond acceptors (Lipinski definition) is 9. The number of anilines is 2. The van der Waals surface area contributed by atoms with E-state index in [1.807, 2.05) is 9.80 Å². The van der Waals surface area contributed by atoms with Crippen LogP contribution in [0.15, 0.2) is 58.1 Å². The third-order valence-corrected chi connectivity index (χ3v) is 8.41. The Morgan fingerprint density at radius 2 is 1.64 bits per heavy atom. The lowest BCUT2D eigenvalue weighted by molar-refractivity contribution is -0.123. The van der Waals surface area contributed by atoms with Gasteiger partial charge in [0.2, 0.25) is 11.9 Å². The monoisotopic (exact) mass is 617 g/mol. The zero-order valence-electron chi connectivity index (χ0n) is 25.1. The Labute approximate surface area is 256 Å². The largest absolute Gasteiger partial charge is 0.462 e. The molecule has 0 N–H and O–H groups in total. The SMILES string of the molecule is CCOC(=O)c1ccc(N2C(=O)CC(N3CCN(c4nc5c(c(=O)n(C)c(=O)n5C)n4Cc4ccccc4F)CC3)C2=O)cc1. The van der Waals surface area contributed by atoms with Crippen molar-refractivity contribution in [1.82, 2.24) is 23.6 Å². The summed E-state index contributed by atoms with van der Waals surface area (Å²) in [5.74, 6) is -1.18. The fraction of sp³-hybridized carbons (Fsp3) is 0.355. The highest BCUT2D eigenvalue weighted by molar-refractivity contribution is 6.22. The first-order chi connectivity index (χ1) is 21.6. The van der Waals surface area contributed by atoms with Crippen molar-refractivity contribution in [2.24, 2.45) is 14.1 Å². The number of carbonyl (C=O) groups is 3. The molecule has 0 aliphatic carbocycles. The highest BCUT2D eigenvalue weighted by Crippen LogP contribution is 2.29. The van der Waals surface area contributed by atoms with Gasteiger partial charge in [-0.3, -0.25) is 33.0 Å². The van der Waals surface area contributed by atoms with E-state index in [1.165, 1.54) is 36.9 Å². The molecule has 1 atom stereocenters. The minimum absolute atomic E-state index is 0.0163. The Hall–Kier alpha value is -5.11. The van der Waals surface area contributed by atoms with Gasteiger partial charge in [0.25, 0.3) is 11.5 Å². The lowest BCUT2D eigenvalue weighted by atomic mass is 10.1. The summed E-state index contributed by atoms with van der Waals surface area (Å²) in [4.78, 5) is 74.1. The van der Waals surface area contributed by atoms with Crippen LogP contribution in [0, 0.1) is 5.82 Å². The molecule has 0 radical (unpaired) electrons. The Bertz CT molecular complexity index is 1940. The first-order valence-corrected chi connectivity index (χ1v) is 14.6. The Kier molecular flexibility index (Phi) is 7.83. The summed E-state index contributed by atoms with van der Waals surface area (Å²) in [5.41, 5.74) is 0.383. The number of ether oxygens (including phenoxy) is 1. The van der Waals surface area contributed by atoms with Gasteiger partial charge in [0.15, 0.2) is 11.2 Å². The molecule has 6 rings (SSSR count). The van der Waals surface area contributed by atoms with Gasteiger partial charge in [-0.05, 0) is 37.3 Å². The van der Waals surface area contributed by atoms with E-state index in [4.69, 9.17) is 9.72 Å². The van der Waals surface area contributed by atoms with Gasteiger partial charge in [-0.25, -0.2) is 18.9 Å². The molecular formula is C31H32FN7O6. The van der Waals surface area contributed by atoms with Gasteiger partial charge < -0.3 is 9.64 Å². The number of hydrogen-bond donors (Lipinski definition) is 0. The van der Waals surface area contributed by atoms with Crippen molar-refractivity contribution in [1.29, 1.82) is 0 Å². The van der Waals surface area contributed by atoms with Crippen molar-refractivity contribution in [3.8, 4) is 0 Å². The normalized spacial score (nSPS) is 17.5. The van der Waals surface area contributed by atoms with E-state index in [9.17, 15) is 28.4 Å². The van der Waals surface area contributed by atoms with Crippen LogP contribution in [-0.2, 0) is 35.0 Å². The molecule has 13 nitrogen and oxygen atoms in total. The molecule has 2 aromatic carbocycles. The summed E-state index contributed by atoms with van der Waals surface area (Å²) in [5, 5.41) is 0. The van der Waals surface area contributed by atoms with Gasteiger partial charge in [0, 0.05) is 45.8 Å². The zero-order chi connectivity index (χ0) is 32.0. The van der Waals surface area contributed by atoms with E-state index in [1.54, 1.807) is 41.8 Å².